The minimum atomic E-state index is -6.07. The molecule has 0 aliphatic heterocycles. The summed E-state index contributed by atoms with van der Waals surface area (Å²) in [6.45, 7) is 2.51. The Morgan fingerprint density at radius 3 is 2.16 bits per heavy atom. The van der Waals surface area contributed by atoms with E-state index in [9.17, 15) is 45.5 Å². The Kier molecular flexibility index (Phi) is 6.45. The summed E-state index contributed by atoms with van der Waals surface area (Å²) < 4.78 is 93.3. The third-order valence-electron chi connectivity index (χ3n) is 4.60. The topological polar surface area (TPSA) is 78.8 Å². The molecule has 0 atom stereocenters. The molecule has 0 fully saturated rings. The number of aliphatic hydroxyl groups is 1. The molecular weight excluding hydrogens is 437 g/mol. The number of nitrogens with one attached hydrogen (secondary N) is 1. The smallest absolute Gasteiger partial charge is 0.369 e. The highest BCUT2D eigenvalue weighted by Gasteiger charge is 2.71. The van der Waals surface area contributed by atoms with E-state index in [2.05, 4.69) is 10.5 Å². The maximum atomic E-state index is 14.2. The van der Waals surface area contributed by atoms with Gasteiger partial charge in [-0.2, -0.15) is 26.3 Å². The van der Waals surface area contributed by atoms with Crippen LogP contribution in [0.15, 0.2) is 35.5 Å². The molecule has 168 valence electrons. The number of alkyl halides is 6. The molecule has 0 saturated carbocycles. The Balaban J connectivity index is 2.58. The van der Waals surface area contributed by atoms with Gasteiger partial charge in [-0.05, 0) is 41.8 Å². The normalized spacial score (nSPS) is 12.6. The number of hydrogen-bond donors (Lipinski definition) is 2. The molecule has 12 heteroatoms. The molecule has 0 unspecified atom stereocenters. The third kappa shape index (κ3) is 4.24. The number of aryl methyl sites for hydroxylation is 2. The molecule has 0 heterocycles. The van der Waals surface area contributed by atoms with E-state index in [4.69, 9.17) is 0 Å². The fraction of sp³-hybridized carbons (Fsp3) is 0.316. The monoisotopic (exact) mass is 452 g/mol. The minimum absolute atomic E-state index is 0.130. The fourth-order valence-electron chi connectivity index (χ4n) is 2.96. The number of halogens is 7. The van der Waals surface area contributed by atoms with Gasteiger partial charge in [0.05, 0.1) is 5.56 Å². The molecule has 0 aromatic heterocycles. The van der Waals surface area contributed by atoms with Gasteiger partial charge in [-0.15, -0.1) is 4.91 Å². The molecule has 0 aliphatic rings. The summed E-state index contributed by atoms with van der Waals surface area (Å²) >= 11 is 0. The van der Waals surface area contributed by atoms with Crippen molar-refractivity contribution >= 4 is 17.3 Å². The van der Waals surface area contributed by atoms with Gasteiger partial charge in [-0.3, -0.25) is 4.79 Å². The van der Waals surface area contributed by atoms with E-state index in [0.717, 1.165) is 25.1 Å². The molecule has 2 aromatic carbocycles. The lowest BCUT2D eigenvalue weighted by atomic mass is 9.88. The molecule has 0 saturated heterocycles. The van der Waals surface area contributed by atoms with Crippen molar-refractivity contribution in [3.63, 3.8) is 0 Å². The van der Waals surface area contributed by atoms with Gasteiger partial charge in [-0.25, -0.2) is 4.39 Å². The molecule has 5 nitrogen and oxygen atoms in total. The molecule has 0 aliphatic carbocycles. The molecule has 31 heavy (non-hydrogen) atoms. The highest BCUT2D eigenvalue weighted by atomic mass is 19.4. The number of nitrogens with zero attached hydrogens (tertiary/aromatic N) is 1. The van der Waals surface area contributed by atoms with Crippen LogP contribution in [0.2, 0.25) is 0 Å². The lowest BCUT2D eigenvalue weighted by Gasteiger charge is -2.33. The van der Waals surface area contributed by atoms with Crippen LogP contribution in [0.1, 0.15) is 34.0 Å². The first-order valence-corrected chi connectivity index (χ1v) is 8.62. The van der Waals surface area contributed by atoms with E-state index >= 15 is 0 Å². The SMILES string of the molecule is CCc1cc(C(O)(C(F)(F)F)C(F)(F)F)cc(C)c1NC(=O)c1cccc(N=O)c1F. The van der Waals surface area contributed by atoms with Crippen molar-refractivity contribution in [3.05, 3.63) is 63.3 Å². The summed E-state index contributed by atoms with van der Waals surface area (Å²) in [6, 6.07) is 4.10. The van der Waals surface area contributed by atoms with E-state index < -0.39 is 46.5 Å². The van der Waals surface area contributed by atoms with Gasteiger partial charge in [0, 0.05) is 11.3 Å². The van der Waals surface area contributed by atoms with Crippen LogP contribution < -0.4 is 5.32 Å². The van der Waals surface area contributed by atoms with Gasteiger partial charge >= 0.3 is 12.4 Å². The van der Waals surface area contributed by atoms with Crippen molar-refractivity contribution in [3.8, 4) is 0 Å². The second kappa shape index (κ2) is 8.25. The Labute approximate surface area is 170 Å². The van der Waals surface area contributed by atoms with Crippen LogP contribution in [0.25, 0.3) is 0 Å². The van der Waals surface area contributed by atoms with Crippen molar-refractivity contribution in [2.24, 2.45) is 5.18 Å². The van der Waals surface area contributed by atoms with Crippen molar-refractivity contribution in [2.75, 3.05) is 5.32 Å². The quantitative estimate of drug-likeness (QED) is 0.454. The Morgan fingerprint density at radius 1 is 1.10 bits per heavy atom. The van der Waals surface area contributed by atoms with Crippen molar-refractivity contribution < 1.29 is 40.6 Å². The van der Waals surface area contributed by atoms with Crippen molar-refractivity contribution in [2.45, 2.75) is 38.2 Å². The molecule has 0 spiro atoms. The van der Waals surface area contributed by atoms with E-state index in [1.807, 2.05) is 0 Å². The highest BCUT2D eigenvalue weighted by molar-refractivity contribution is 6.05. The maximum absolute atomic E-state index is 14.2. The summed E-state index contributed by atoms with van der Waals surface area (Å²) in [5.41, 5.74) is -8.43. The first-order valence-electron chi connectivity index (χ1n) is 8.62. The largest absolute Gasteiger partial charge is 0.430 e. The van der Waals surface area contributed by atoms with Gasteiger partial charge in [0.2, 0.25) is 0 Å². The van der Waals surface area contributed by atoms with E-state index in [0.29, 0.717) is 12.1 Å². The average molecular weight is 452 g/mol. The number of rotatable bonds is 5. The average Bonchev–Trinajstić information content (AvgIpc) is 2.66. The predicted molar refractivity (Wildman–Crippen MR) is 96.4 cm³/mol. The first kappa shape index (κ1) is 24.3. The van der Waals surface area contributed by atoms with E-state index in [1.165, 1.54) is 6.92 Å². The zero-order valence-corrected chi connectivity index (χ0v) is 16.0. The van der Waals surface area contributed by atoms with Gasteiger partial charge in [-0.1, -0.05) is 25.1 Å². The van der Waals surface area contributed by atoms with Crippen LogP contribution in [0, 0.1) is 17.6 Å². The summed E-state index contributed by atoms with van der Waals surface area (Å²) in [4.78, 5) is 23.0. The molecule has 2 aromatic rings. The van der Waals surface area contributed by atoms with E-state index in [-0.39, 0.29) is 23.2 Å². The van der Waals surface area contributed by atoms with Crippen molar-refractivity contribution in [1.29, 1.82) is 0 Å². The number of hydrogen-bond acceptors (Lipinski definition) is 4. The Morgan fingerprint density at radius 2 is 1.68 bits per heavy atom. The standard InChI is InChI=1S/C19H15F7N2O3/c1-3-10-8-11(17(30,18(21,22)23)19(24,25)26)7-9(2)15(10)27-16(29)12-5-4-6-13(28-31)14(12)20/h4-8,30H,3H2,1-2H3,(H,27,29). The molecule has 1 amide bonds. The lowest BCUT2D eigenvalue weighted by Crippen LogP contribution is -2.54. The van der Waals surface area contributed by atoms with Crippen molar-refractivity contribution in [1.82, 2.24) is 0 Å². The van der Waals surface area contributed by atoms with Crippen LogP contribution in [-0.2, 0) is 12.0 Å². The highest BCUT2D eigenvalue weighted by Crippen LogP contribution is 2.50. The lowest BCUT2D eigenvalue weighted by molar-refractivity contribution is -0.376. The van der Waals surface area contributed by atoms with Crippen LogP contribution >= 0.6 is 0 Å². The Hall–Kier alpha value is -3.02. The summed E-state index contributed by atoms with van der Waals surface area (Å²) in [7, 11) is 0. The van der Waals surface area contributed by atoms with Gasteiger partial charge in [0.15, 0.2) is 5.82 Å². The number of anilines is 1. The zero-order valence-electron chi connectivity index (χ0n) is 16.0. The fourth-order valence-corrected chi connectivity index (χ4v) is 2.96. The van der Waals surface area contributed by atoms with Gasteiger partial charge in [0.25, 0.3) is 11.5 Å². The third-order valence-corrected chi connectivity index (χ3v) is 4.60. The van der Waals surface area contributed by atoms with Crippen LogP contribution in [0.5, 0.6) is 0 Å². The molecular formula is C19H15F7N2O3. The number of nitroso groups, excluding NO2 is 1. The first-order chi connectivity index (χ1) is 14.2. The van der Waals surface area contributed by atoms with Gasteiger partial charge < -0.3 is 10.4 Å². The summed E-state index contributed by atoms with van der Waals surface area (Å²) in [5, 5.41) is 14.3. The second-order valence-electron chi connectivity index (χ2n) is 6.57. The summed E-state index contributed by atoms with van der Waals surface area (Å²) in [6.07, 6.45) is -12.3. The number of benzene rings is 2. The molecule has 0 bridgehead atoms. The van der Waals surface area contributed by atoms with Crippen LogP contribution in [-0.4, -0.2) is 23.4 Å². The molecule has 2 rings (SSSR count). The Bertz CT molecular complexity index is 1000. The predicted octanol–water partition coefficient (Wildman–Crippen LogP) is 5.66. The number of carbonyl (C=O) groups is 1. The molecule has 2 N–H and O–H groups in total. The summed E-state index contributed by atoms with van der Waals surface area (Å²) in [5.74, 6) is -2.35. The van der Waals surface area contributed by atoms with E-state index in [1.54, 1.807) is 0 Å². The van der Waals surface area contributed by atoms with Crippen LogP contribution in [0.3, 0.4) is 0 Å². The second-order valence-corrected chi connectivity index (χ2v) is 6.57. The zero-order chi connectivity index (χ0) is 23.8. The maximum Gasteiger partial charge on any atom is 0.430 e. The minimum Gasteiger partial charge on any atom is -0.369 e. The number of carbonyl (C=O) groups excluding carboxylic acids is 1. The number of amides is 1. The molecule has 0 radical (unpaired) electrons. The van der Waals surface area contributed by atoms with Gasteiger partial charge in [0.1, 0.15) is 5.69 Å². The van der Waals surface area contributed by atoms with Crippen LogP contribution in [0.4, 0.5) is 42.1 Å².